The fraction of sp³-hybridized carbons (Fsp3) is 0. The minimum absolute atomic E-state index is 0.208. The van der Waals surface area contributed by atoms with Crippen LogP contribution in [0.3, 0.4) is 0 Å². The second kappa shape index (κ2) is 4.45. The van der Waals surface area contributed by atoms with Gasteiger partial charge in [-0.3, -0.25) is 4.79 Å². The van der Waals surface area contributed by atoms with E-state index >= 15 is 0 Å². The quantitative estimate of drug-likeness (QED) is 0.784. The van der Waals surface area contributed by atoms with Gasteiger partial charge < -0.3 is 0 Å². The lowest BCUT2D eigenvalue weighted by Gasteiger charge is -2.05. The van der Waals surface area contributed by atoms with E-state index in [-0.39, 0.29) is 5.15 Å². The summed E-state index contributed by atoms with van der Waals surface area (Å²) in [6, 6.07) is 4.92. The molecule has 1 aromatic carbocycles. The molecular formula is C10H5Cl3N2O. The number of rotatable bonds is 2. The molecule has 82 valence electrons. The molecule has 0 saturated heterocycles. The summed E-state index contributed by atoms with van der Waals surface area (Å²) in [5, 5.41) is 5.14. The first-order chi connectivity index (χ1) is 7.63. The fourth-order valence-corrected chi connectivity index (χ4v) is 1.83. The van der Waals surface area contributed by atoms with Crippen LogP contribution in [0.5, 0.6) is 0 Å². The number of hydrogen-bond donors (Lipinski definition) is 0. The van der Waals surface area contributed by atoms with Crippen LogP contribution in [0.15, 0.2) is 24.4 Å². The van der Waals surface area contributed by atoms with Crippen LogP contribution in [0.4, 0.5) is 0 Å². The van der Waals surface area contributed by atoms with Gasteiger partial charge in [-0.2, -0.15) is 5.10 Å². The molecule has 2 rings (SSSR count). The summed E-state index contributed by atoms with van der Waals surface area (Å²) in [4.78, 5) is 10.6. The van der Waals surface area contributed by atoms with Crippen molar-refractivity contribution in [2.75, 3.05) is 0 Å². The molecule has 0 unspecified atom stereocenters. The van der Waals surface area contributed by atoms with Crippen LogP contribution in [0.1, 0.15) is 10.4 Å². The van der Waals surface area contributed by atoms with Crippen LogP contribution in [-0.4, -0.2) is 16.1 Å². The van der Waals surface area contributed by atoms with E-state index in [1.165, 1.54) is 10.9 Å². The molecule has 0 aliphatic rings. The van der Waals surface area contributed by atoms with Crippen LogP contribution in [0, 0.1) is 0 Å². The molecule has 0 aliphatic heterocycles. The Balaban J connectivity index is 2.62. The zero-order chi connectivity index (χ0) is 11.7. The molecule has 0 spiro atoms. The minimum atomic E-state index is 0.208. The predicted molar refractivity (Wildman–Crippen MR) is 64.0 cm³/mol. The van der Waals surface area contributed by atoms with E-state index in [0.29, 0.717) is 27.6 Å². The third-order valence-corrected chi connectivity index (χ3v) is 2.93. The average molecular weight is 276 g/mol. The van der Waals surface area contributed by atoms with E-state index in [2.05, 4.69) is 5.10 Å². The van der Waals surface area contributed by atoms with Gasteiger partial charge in [0, 0.05) is 5.02 Å². The Morgan fingerprint density at radius 1 is 1.25 bits per heavy atom. The number of benzene rings is 1. The van der Waals surface area contributed by atoms with Gasteiger partial charge in [0.15, 0.2) is 6.29 Å². The summed E-state index contributed by atoms with van der Waals surface area (Å²) in [7, 11) is 0. The molecule has 0 amide bonds. The van der Waals surface area contributed by atoms with E-state index in [1.54, 1.807) is 18.2 Å². The van der Waals surface area contributed by atoms with Crippen molar-refractivity contribution in [2.24, 2.45) is 0 Å². The van der Waals surface area contributed by atoms with Gasteiger partial charge in [0.05, 0.1) is 22.5 Å². The summed E-state index contributed by atoms with van der Waals surface area (Å²) in [5.74, 6) is 0. The Labute approximate surface area is 107 Å². The Bertz CT molecular complexity index is 551. The largest absolute Gasteiger partial charge is 0.298 e. The molecule has 6 heteroatoms. The number of aromatic nitrogens is 2. The number of halogens is 3. The summed E-state index contributed by atoms with van der Waals surface area (Å²) in [6.45, 7) is 0. The molecule has 3 nitrogen and oxygen atoms in total. The first kappa shape index (κ1) is 11.5. The molecule has 0 saturated carbocycles. The van der Waals surface area contributed by atoms with Gasteiger partial charge in [0.2, 0.25) is 0 Å². The SMILES string of the molecule is O=Cc1cnn(-c2cc(Cl)ccc2Cl)c1Cl. The van der Waals surface area contributed by atoms with Crippen molar-refractivity contribution in [3.63, 3.8) is 0 Å². The van der Waals surface area contributed by atoms with Crippen LogP contribution in [0.25, 0.3) is 5.69 Å². The molecule has 16 heavy (non-hydrogen) atoms. The first-order valence-electron chi connectivity index (χ1n) is 4.27. The normalized spacial score (nSPS) is 10.4. The highest BCUT2D eigenvalue weighted by Gasteiger charge is 2.12. The minimum Gasteiger partial charge on any atom is -0.298 e. The van der Waals surface area contributed by atoms with Gasteiger partial charge in [-0.1, -0.05) is 34.8 Å². The van der Waals surface area contributed by atoms with E-state index in [9.17, 15) is 4.79 Å². The van der Waals surface area contributed by atoms with Gasteiger partial charge in [-0.25, -0.2) is 4.68 Å². The number of nitrogens with zero attached hydrogens (tertiary/aromatic N) is 2. The summed E-state index contributed by atoms with van der Waals surface area (Å²) in [6.07, 6.45) is 2.00. The topological polar surface area (TPSA) is 34.9 Å². The van der Waals surface area contributed by atoms with Crippen molar-refractivity contribution in [2.45, 2.75) is 0 Å². The maximum atomic E-state index is 10.6. The van der Waals surface area contributed by atoms with Crippen LogP contribution >= 0.6 is 34.8 Å². The maximum Gasteiger partial charge on any atom is 0.154 e. The van der Waals surface area contributed by atoms with Crippen LogP contribution in [-0.2, 0) is 0 Å². The molecule has 0 atom stereocenters. The highest BCUT2D eigenvalue weighted by molar-refractivity contribution is 6.35. The molecule has 1 heterocycles. The van der Waals surface area contributed by atoms with Crippen molar-refractivity contribution < 1.29 is 4.79 Å². The number of aldehydes is 1. The van der Waals surface area contributed by atoms with Gasteiger partial charge in [0.1, 0.15) is 5.15 Å². The number of carbonyl (C=O) groups excluding carboxylic acids is 1. The molecule has 0 N–H and O–H groups in total. The number of carbonyl (C=O) groups is 1. The lowest BCUT2D eigenvalue weighted by molar-refractivity contribution is 0.112. The summed E-state index contributed by atoms with van der Waals surface area (Å²) >= 11 is 17.8. The second-order valence-electron chi connectivity index (χ2n) is 3.02. The smallest absolute Gasteiger partial charge is 0.154 e. The standard InChI is InChI=1S/C10H5Cl3N2O/c11-7-1-2-8(12)9(3-7)15-10(13)6(5-16)4-14-15/h1-5H. The van der Waals surface area contributed by atoms with Crippen molar-refractivity contribution in [1.29, 1.82) is 0 Å². The average Bonchev–Trinajstić information content (AvgIpc) is 2.63. The second-order valence-corrected chi connectivity index (χ2v) is 4.22. The van der Waals surface area contributed by atoms with Gasteiger partial charge in [-0.15, -0.1) is 0 Å². The van der Waals surface area contributed by atoms with Crippen molar-refractivity contribution in [1.82, 2.24) is 9.78 Å². The molecule has 1 aromatic heterocycles. The predicted octanol–water partition coefficient (Wildman–Crippen LogP) is 3.65. The molecule has 2 aromatic rings. The Morgan fingerprint density at radius 3 is 2.62 bits per heavy atom. The van der Waals surface area contributed by atoms with Crippen LogP contribution < -0.4 is 0 Å². The van der Waals surface area contributed by atoms with Crippen LogP contribution in [0.2, 0.25) is 15.2 Å². The monoisotopic (exact) mass is 274 g/mol. The molecule has 0 aliphatic carbocycles. The Morgan fingerprint density at radius 2 is 2.00 bits per heavy atom. The lowest BCUT2D eigenvalue weighted by atomic mass is 10.3. The zero-order valence-corrected chi connectivity index (χ0v) is 10.1. The maximum absolute atomic E-state index is 10.6. The van der Waals surface area contributed by atoms with Gasteiger partial charge >= 0.3 is 0 Å². The van der Waals surface area contributed by atoms with E-state index < -0.39 is 0 Å². The fourth-order valence-electron chi connectivity index (χ4n) is 1.24. The third-order valence-electron chi connectivity index (χ3n) is 2.00. The van der Waals surface area contributed by atoms with Crippen molar-refractivity contribution in [3.8, 4) is 5.69 Å². The third kappa shape index (κ3) is 1.94. The van der Waals surface area contributed by atoms with Gasteiger partial charge in [-0.05, 0) is 18.2 Å². The molecule has 0 radical (unpaired) electrons. The number of hydrogen-bond acceptors (Lipinski definition) is 2. The van der Waals surface area contributed by atoms with Gasteiger partial charge in [0.25, 0.3) is 0 Å². The van der Waals surface area contributed by atoms with E-state index in [0.717, 1.165) is 0 Å². The molecular weight excluding hydrogens is 270 g/mol. The lowest BCUT2D eigenvalue weighted by Crippen LogP contribution is -1.97. The highest BCUT2D eigenvalue weighted by atomic mass is 35.5. The summed E-state index contributed by atoms with van der Waals surface area (Å²) < 4.78 is 1.36. The van der Waals surface area contributed by atoms with Crippen molar-refractivity contribution in [3.05, 3.63) is 45.2 Å². The van der Waals surface area contributed by atoms with E-state index in [1.807, 2.05) is 0 Å². The Kier molecular flexibility index (Phi) is 3.19. The Hall–Kier alpha value is -1.03. The van der Waals surface area contributed by atoms with E-state index in [4.69, 9.17) is 34.8 Å². The van der Waals surface area contributed by atoms with Crippen molar-refractivity contribution >= 4 is 41.1 Å². The molecule has 0 fully saturated rings. The zero-order valence-electron chi connectivity index (χ0n) is 7.82. The molecule has 0 bridgehead atoms. The summed E-state index contributed by atoms with van der Waals surface area (Å²) in [5.41, 5.74) is 0.838. The first-order valence-corrected chi connectivity index (χ1v) is 5.41. The highest BCUT2D eigenvalue weighted by Crippen LogP contribution is 2.27.